The molecule has 0 unspecified atom stereocenters. The van der Waals surface area contributed by atoms with Gasteiger partial charge in [0.15, 0.2) is 0 Å². The summed E-state index contributed by atoms with van der Waals surface area (Å²) in [5.74, 6) is 0.561. The molecule has 0 aliphatic carbocycles. The molecule has 2 N–H and O–H groups in total. The molecule has 0 aliphatic heterocycles. The third kappa shape index (κ3) is 2.55. The summed E-state index contributed by atoms with van der Waals surface area (Å²) in [6.07, 6.45) is 0. The fraction of sp³-hybridized carbons (Fsp3) is 0.143. The average Bonchev–Trinajstić information content (AvgIpc) is 2.30. The van der Waals surface area contributed by atoms with Crippen LogP contribution in [0.15, 0.2) is 30.3 Å². The fourth-order valence-corrected chi connectivity index (χ4v) is 2.38. The van der Waals surface area contributed by atoms with Crippen molar-refractivity contribution in [1.82, 2.24) is 0 Å². The Labute approximate surface area is 116 Å². The summed E-state index contributed by atoms with van der Waals surface area (Å²) in [6.45, 7) is 1.99. The van der Waals surface area contributed by atoms with Crippen LogP contribution in [0.5, 0.6) is 5.75 Å². The Kier molecular flexibility index (Phi) is 3.69. The number of nitrogens with two attached hydrogens (primary N) is 1. The van der Waals surface area contributed by atoms with Crippen molar-refractivity contribution < 1.29 is 4.74 Å². The predicted molar refractivity (Wildman–Crippen MR) is 77.6 cm³/mol. The van der Waals surface area contributed by atoms with Gasteiger partial charge >= 0.3 is 0 Å². The molecule has 94 valence electrons. The number of hydrogen-bond donors (Lipinski definition) is 1. The van der Waals surface area contributed by atoms with Crippen molar-refractivity contribution in [3.8, 4) is 16.9 Å². The smallest absolute Gasteiger partial charge is 0.138 e. The molecule has 0 fully saturated rings. The van der Waals surface area contributed by atoms with E-state index in [4.69, 9.17) is 33.7 Å². The van der Waals surface area contributed by atoms with Crippen molar-refractivity contribution in [3.05, 3.63) is 45.9 Å². The zero-order valence-corrected chi connectivity index (χ0v) is 11.6. The highest BCUT2D eigenvalue weighted by atomic mass is 35.5. The number of hydrogen-bond acceptors (Lipinski definition) is 2. The van der Waals surface area contributed by atoms with Gasteiger partial charge in [-0.05, 0) is 36.2 Å². The van der Waals surface area contributed by atoms with Gasteiger partial charge < -0.3 is 10.5 Å². The van der Waals surface area contributed by atoms with E-state index >= 15 is 0 Å². The fourth-order valence-electron chi connectivity index (χ4n) is 1.87. The number of halogens is 2. The Bertz CT molecular complexity index is 576. The van der Waals surface area contributed by atoms with E-state index in [0.29, 0.717) is 21.5 Å². The summed E-state index contributed by atoms with van der Waals surface area (Å²) in [7, 11) is 1.56. The molecule has 0 spiro atoms. The number of ether oxygens (including phenoxy) is 1. The van der Waals surface area contributed by atoms with Crippen molar-refractivity contribution in [2.24, 2.45) is 0 Å². The summed E-state index contributed by atoms with van der Waals surface area (Å²) in [4.78, 5) is 0. The van der Waals surface area contributed by atoms with Crippen molar-refractivity contribution >= 4 is 28.9 Å². The average molecular weight is 282 g/mol. The van der Waals surface area contributed by atoms with E-state index in [9.17, 15) is 0 Å². The van der Waals surface area contributed by atoms with E-state index in [0.717, 1.165) is 16.7 Å². The SMILES string of the molecule is COc1cc(Cl)c(-c2cc(C)cc(N)c2)cc1Cl. The third-order valence-corrected chi connectivity index (χ3v) is 3.26. The summed E-state index contributed by atoms with van der Waals surface area (Å²) in [5, 5.41) is 1.11. The lowest BCUT2D eigenvalue weighted by Gasteiger charge is -2.10. The van der Waals surface area contributed by atoms with Crippen LogP contribution in [0, 0.1) is 6.92 Å². The summed E-state index contributed by atoms with van der Waals surface area (Å²) in [5.41, 5.74) is 9.41. The highest BCUT2D eigenvalue weighted by Crippen LogP contribution is 2.37. The van der Waals surface area contributed by atoms with Crippen molar-refractivity contribution in [2.45, 2.75) is 6.92 Å². The predicted octanol–water partition coefficient (Wildman–Crippen LogP) is 4.56. The first-order valence-corrected chi connectivity index (χ1v) is 6.17. The lowest BCUT2D eigenvalue weighted by atomic mass is 10.0. The quantitative estimate of drug-likeness (QED) is 0.819. The number of methoxy groups -OCH3 is 1. The first-order valence-electron chi connectivity index (χ1n) is 5.42. The second-order valence-electron chi connectivity index (χ2n) is 4.10. The van der Waals surface area contributed by atoms with E-state index in [-0.39, 0.29) is 0 Å². The van der Waals surface area contributed by atoms with Crippen LogP contribution in [0.3, 0.4) is 0 Å². The Balaban J connectivity index is 2.60. The second-order valence-corrected chi connectivity index (χ2v) is 4.91. The van der Waals surface area contributed by atoms with Gasteiger partial charge in [0.2, 0.25) is 0 Å². The third-order valence-electron chi connectivity index (χ3n) is 2.65. The van der Waals surface area contributed by atoms with E-state index in [2.05, 4.69) is 0 Å². The van der Waals surface area contributed by atoms with E-state index in [1.807, 2.05) is 25.1 Å². The van der Waals surface area contributed by atoms with E-state index in [1.165, 1.54) is 0 Å². The molecule has 0 saturated heterocycles. The molecule has 18 heavy (non-hydrogen) atoms. The first kappa shape index (κ1) is 13.1. The minimum absolute atomic E-state index is 0.525. The number of rotatable bonds is 2. The van der Waals surface area contributed by atoms with Gasteiger partial charge in [0.25, 0.3) is 0 Å². The van der Waals surface area contributed by atoms with Gasteiger partial charge in [-0.2, -0.15) is 0 Å². The molecule has 0 heterocycles. The number of aryl methyl sites for hydroxylation is 1. The molecule has 0 bridgehead atoms. The molecule has 0 amide bonds. The minimum Gasteiger partial charge on any atom is -0.495 e. The van der Waals surface area contributed by atoms with Gasteiger partial charge in [-0.3, -0.25) is 0 Å². The topological polar surface area (TPSA) is 35.2 Å². The van der Waals surface area contributed by atoms with Crippen LogP contribution in [0.4, 0.5) is 5.69 Å². The van der Waals surface area contributed by atoms with Crippen molar-refractivity contribution in [1.29, 1.82) is 0 Å². The molecular weight excluding hydrogens is 269 g/mol. The summed E-state index contributed by atoms with van der Waals surface area (Å²) in [6, 6.07) is 9.29. The Hall–Kier alpha value is -1.38. The Morgan fingerprint density at radius 1 is 1.00 bits per heavy atom. The van der Waals surface area contributed by atoms with Gasteiger partial charge in [0, 0.05) is 17.3 Å². The number of benzene rings is 2. The van der Waals surface area contributed by atoms with Crippen molar-refractivity contribution in [2.75, 3.05) is 12.8 Å². The van der Waals surface area contributed by atoms with Crippen LogP contribution in [-0.2, 0) is 0 Å². The van der Waals surface area contributed by atoms with Crippen LogP contribution in [0.25, 0.3) is 11.1 Å². The highest BCUT2D eigenvalue weighted by molar-refractivity contribution is 6.36. The molecule has 0 atom stereocenters. The first-order chi connectivity index (χ1) is 8.51. The standard InChI is InChI=1S/C14H13Cl2NO/c1-8-3-9(5-10(17)4-8)11-6-13(16)14(18-2)7-12(11)15/h3-7H,17H2,1-2H3. The van der Waals surface area contributed by atoms with Gasteiger partial charge in [-0.25, -0.2) is 0 Å². The summed E-state index contributed by atoms with van der Waals surface area (Å²) < 4.78 is 5.12. The van der Waals surface area contributed by atoms with E-state index < -0.39 is 0 Å². The molecule has 2 rings (SSSR count). The van der Waals surface area contributed by atoms with Crippen LogP contribution in [-0.4, -0.2) is 7.11 Å². The Morgan fingerprint density at radius 3 is 2.33 bits per heavy atom. The van der Waals surface area contributed by atoms with Crippen molar-refractivity contribution in [3.63, 3.8) is 0 Å². The number of nitrogen functional groups attached to an aromatic ring is 1. The lowest BCUT2D eigenvalue weighted by Crippen LogP contribution is -1.90. The van der Waals surface area contributed by atoms with Crippen LogP contribution in [0.1, 0.15) is 5.56 Å². The maximum atomic E-state index is 6.24. The van der Waals surface area contributed by atoms with Crippen LogP contribution >= 0.6 is 23.2 Å². The van der Waals surface area contributed by atoms with Crippen LogP contribution in [0.2, 0.25) is 10.0 Å². The molecule has 0 saturated carbocycles. The molecule has 0 aromatic heterocycles. The van der Waals surface area contributed by atoms with Gasteiger partial charge in [0.05, 0.1) is 17.2 Å². The second kappa shape index (κ2) is 5.09. The normalized spacial score (nSPS) is 10.4. The van der Waals surface area contributed by atoms with Gasteiger partial charge in [-0.15, -0.1) is 0 Å². The maximum Gasteiger partial charge on any atom is 0.138 e. The van der Waals surface area contributed by atoms with Gasteiger partial charge in [0.1, 0.15) is 5.75 Å². The molecule has 2 aromatic rings. The molecule has 2 nitrogen and oxygen atoms in total. The molecule has 0 aliphatic rings. The Morgan fingerprint density at radius 2 is 1.72 bits per heavy atom. The monoisotopic (exact) mass is 281 g/mol. The minimum atomic E-state index is 0.525. The molecular formula is C14H13Cl2NO. The van der Waals surface area contributed by atoms with Crippen LogP contribution < -0.4 is 10.5 Å². The zero-order chi connectivity index (χ0) is 13.3. The summed E-state index contributed by atoms with van der Waals surface area (Å²) >= 11 is 12.4. The van der Waals surface area contributed by atoms with E-state index in [1.54, 1.807) is 19.2 Å². The van der Waals surface area contributed by atoms with Gasteiger partial charge in [-0.1, -0.05) is 29.3 Å². The molecule has 2 aromatic carbocycles. The highest BCUT2D eigenvalue weighted by Gasteiger charge is 2.10. The lowest BCUT2D eigenvalue weighted by molar-refractivity contribution is 0.415. The number of anilines is 1. The molecule has 0 radical (unpaired) electrons. The zero-order valence-electron chi connectivity index (χ0n) is 10.1. The largest absolute Gasteiger partial charge is 0.495 e. The maximum absolute atomic E-state index is 6.24. The molecule has 4 heteroatoms.